The SMILES string of the molecule is COc1ccc(C[C@H](NC(=O)[C@@H](NC(=O)CN2CCOCC2)[C@H](C)O)C(=O)N[C@@H](CC2=CCCCC2)C(=O)[C@]2(C)CO2)cc1. The van der Waals surface area contributed by atoms with E-state index in [1.54, 1.807) is 38.3 Å². The first-order valence-corrected chi connectivity index (χ1v) is 15.5. The van der Waals surface area contributed by atoms with E-state index in [4.69, 9.17) is 14.2 Å². The molecule has 0 aromatic heterocycles. The van der Waals surface area contributed by atoms with E-state index in [1.807, 2.05) is 4.90 Å². The van der Waals surface area contributed by atoms with Gasteiger partial charge >= 0.3 is 0 Å². The molecule has 4 N–H and O–H groups in total. The van der Waals surface area contributed by atoms with Gasteiger partial charge in [0.05, 0.1) is 45.6 Å². The van der Waals surface area contributed by atoms with Crippen LogP contribution in [-0.2, 0) is 35.1 Å². The summed E-state index contributed by atoms with van der Waals surface area (Å²) in [6.07, 6.45) is 5.31. The fraction of sp³-hybridized carbons (Fsp3) is 0.625. The van der Waals surface area contributed by atoms with Crippen LogP contribution in [0, 0.1) is 0 Å². The standard InChI is InChI=1S/C32H46N4O8/c1-21(37)28(35-27(38)19-36-13-15-43-16-14-36)31(41)34-26(18-23-9-11-24(42-3)12-10-23)30(40)33-25(29(39)32(2)20-44-32)17-22-7-5-4-6-8-22/h7,9-12,21,25-26,28,37H,4-6,8,13-20H2,1-3H3,(H,33,40)(H,34,41)(H,35,38)/t21-,25-,26-,28-,32-/m0/s1. The minimum Gasteiger partial charge on any atom is -0.497 e. The molecule has 0 saturated carbocycles. The molecule has 2 fully saturated rings. The highest BCUT2D eigenvalue weighted by molar-refractivity contribution is 5.98. The average Bonchev–Trinajstić information content (AvgIpc) is 3.78. The smallest absolute Gasteiger partial charge is 0.245 e. The van der Waals surface area contributed by atoms with Crippen molar-refractivity contribution in [2.24, 2.45) is 0 Å². The number of ether oxygens (including phenoxy) is 3. The topological polar surface area (TPSA) is 159 Å². The molecule has 1 aromatic rings. The lowest BCUT2D eigenvalue weighted by molar-refractivity contribution is -0.136. The zero-order valence-electron chi connectivity index (χ0n) is 25.9. The van der Waals surface area contributed by atoms with Crippen molar-refractivity contribution in [2.75, 3.05) is 46.6 Å². The minimum atomic E-state index is -1.29. The normalized spacial score (nSPS) is 22.9. The molecule has 44 heavy (non-hydrogen) atoms. The van der Waals surface area contributed by atoms with E-state index in [1.165, 1.54) is 6.92 Å². The van der Waals surface area contributed by atoms with Crippen LogP contribution >= 0.6 is 0 Å². The first-order valence-electron chi connectivity index (χ1n) is 15.5. The molecule has 12 nitrogen and oxygen atoms in total. The number of epoxide rings is 1. The number of hydrogen-bond acceptors (Lipinski definition) is 9. The Morgan fingerprint density at radius 1 is 1.00 bits per heavy atom. The number of nitrogens with zero attached hydrogens (tertiary/aromatic N) is 1. The lowest BCUT2D eigenvalue weighted by Crippen LogP contribution is -2.60. The number of amides is 3. The van der Waals surface area contributed by atoms with Crippen LogP contribution in [0.1, 0.15) is 51.5 Å². The Kier molecular flexibility index (Phi) is 11.9. The number of aliphatic hydroxyl groups is 1. The Morgan fingerprint density at radius 3 is 2.27 bits per heavy atom. The molecule has 0 bridgehead atoms. The molecule has 4 rings (SSSR count). The van der Waals surface area contributed by atoms with Gasteiger partial charge < -0.3 is 35.3 Å². The number of rotatable bonds is 15. The summed E-state index contributed by atoms with van der Waals surface area (Å²) in [5.41, 5.74) is 0.919. The summed E-state index contributed by atoms with van der Waals surface area (Å²) in [4.78, 5) is 55.5. The number of Topliss-reactive ketones (excluding diaryl/α,β-unsaturated/α-hetero) is 1. The number of benzene rings is 1. The monoisotopic (exact) mass is 614 g/mol. The quantitative estimate of drug-likeness (QED) is 0.164. The summed E-state index contributed by atoms with van der Waals surface area (Å²) in [5.74, 6) is -1.24. The van der Waals surface area contributed by atoms with Crippen LogP contribution in [-0.4, -0.2) is 110 Å². The van der Waals surface area contributed by atoms with Crippen molar-refractivity contribution >= 4 is 23.5 Å². The molecular weight excluding hydrogens is 568 g/mol. The Bertz CT molecular complexity index is 1190. The highest BCUT2D eigenvalue weighted by Crippen LogP contribution is 2.31. The predicted molar refractivity (Wildman–Crippen MR) is 162 cm³/mol. The average molecular weight is 615 g/mol. The van der Waals surface area contributed by atoms with Crippen molar-refractivity contribution in [1.82, 2.24) is 20.9 Å². The number of carbonyl (C=O) groups is 4. The van der Waals surface area contributed by atoms with Crippen molar-refractivity contribution in [1.29, 1.82) is 0 Å². The number of allylic oxidation sites excluding steroid dienone is 1. The van der Waals surface area contributed by atoms with Crippen LogP contribution in [0.2, 0.25) is 0 Å². The van der Waals surface area contributed by atoms with Crippen molar-refractivity contribution in [2.45, 2.75) is 82.2 Å². The molecule has 3 amide bonds. The molecule has 0 radical (unpaired) electrons. The first-order chi connectivity index (χ1) is 21.1. The Morgan fingerprint density at radius 2 is 1.68 bits per heavy atom. The van der Waals surface area contributed by atoms with Gasteiger partial charge in [0.1, 0.15) is 23.4 Å². The van der Waals surface area contributed by atoms with Gasteiger partial charge in [-0.1, -0.05) is 23.8 Å². The van der Waals surface area contributed by atoms with E-state index in [0.29, 0.717) is 45.1 Å². The maximum atomic E-state index is 13.9. The summed E-state index contributed by atoms with van der Waals surface area (Å²) < 4.78 is 16.0. The molecule has 3 aliphatic rings. The molecule has 2 heterocycles. The van der Waals surface area contributed by atoms with Crippen molar-refractivity contribution in [3.05, 3.63) is 41.5 Å². The van der Waals surface area contributed by atoms with Gasteiger partial charge in [-0.05, 0) is 63.6 Å². The van der Waals surface area contributed by atoms with E-state index in [0.717, 1.165) is 36.8 Å². The third kappa shape index (κ3) is 9.59. The van der Waals surface area contributed by atoms with Gasteiger partial charge in [0, 0.05) is 19.5 Å². The highest BCUT2D eigenvalue weighted by Gasteiger charge is 2.50. The van der Waals surface area contributed by atoms with E-state index in [-0.39, 0.29) is 18.7 Å². The number of ketones is 1. The second-order valence-corrected chi connectivity index (χ2v) is 12.0. The third-order valence-corrected chi connectivity index (χ3v) is 8.37. The number of methoxy groups -OCH3 is 1. The molecule has 5 atom stereocenters. The number of carbonyl (C=O) groups excluding carboxylic acids is 4. The first kappa shape index (κ1) is 33.6. The van der Waals surface area contributed by atoms with Crippen molar-refractivity contribution in [3.8, 4) is 5.75 Å². The third-order valence-electron chi connectivity index (χ3n) is 8.37. The minimum absolute atomic E-state index is 0.0517. The second kappa shape index (κ2) is 15.6. The summed E-state index contributed by atoms with van der Waals surface area (Å²) in [6, 6.07) is 3.87. The second-order valence-electron chi connectivity index (χ2n) is 12.0. The predicted octanol–water partition coefficient (Wildman–Crippen LogP) is 0.654. The summed E-state index contributed by atoms with van der Waals surface area (Å²) in [6.45, 7) is 5.67. The molecule has 2 aliphatic heterocycles. The number of aliphatic hydroxyl groups excluding tert-OH is 1. The van der Waals surface area contributed by atoms with Gasteiger partial charge in [0.2, 0.25) is 17.7 Å². The van der Waals surface area contributed by atoms with Gasteiger partial charge in [-0.15, -0.1) is 0 Å². The largest absolute Gasteiger partial charge is 0.497 e. The van der Waals surface area contributed by atoms with Gasteiger partial charge in [-0.25, -0.2) is 0 Å². The molecule has 2 saturated heterocycles. The summed E-state index contributed by atoms with van der Waals surface area (Å²) in [5, 5.41) is 18.7. The van der Waals surface area contributed by atoms with Crippen LogP contribution in [0.4, 0.5) is 0 Å². The van der Waals surface area contributed by atoms with Crippen molar-refractivity contribution in [3.63, 3.8) is 0 Å². The van der Waals surface area contributed by atoms with Crippen LogP contribution < -0.4 is 20.7 Å². The highest BCUT2D eigenvalue weighted by atomic mass is 16.6. The van der Waals surface area contributed by atoms with Gasteiger partial charge in [0.15, 0.2) is 5.78 Å². The van der Waals surface area contributed by atoms with Gasteiger partial charge in [-0.2, -0.15) is 0 Å². The Balaban J connectivity index is 1.50. The maximum absolute atomic E-state index is 13.9. The molecule has 0 spiro atoms. The Hall–Kier alpha value is -3.32. The fourth-order valence-corrected chi connectivity index (χ4v) is 5.51. The molecular formula is C32H46N4O8. The lowest BCUT2D eigenvalue weighted by Gasteiger charge is -2.29. The zero-order valence-corrected chi connectivity index (χ0v) is 25.9. The van der Waals surface area contributed by atoms with E-state index >= 15 is 0 Å². The lowest BCUT2D eigenvalue weighted by atomic mass is 9.89. The van der Waals surface area contributed by atoms with E-state index < -0.39 is 47.6 Å². The van der Waals surface area contributed by atoms with Gasteiger partial charge in [-0.3, -0.25) is 24.1 Å². The van der Waals surface area contributed by atoms with E-state index in [9.17, 15) is 24.3 Å². The molecule has 1 aromatic carbocycles. The van der Waals surface area contributed by atoms with Crippen LogP contribution in [0.15, 0.2) is 35.9 Å². The molecule has 0 unspecified atom stereocenters. The summed E-state index contributed by atoms with van der Waals surface area (Å²) in [7, 11) is 1.55. The van der Waals surface area contributed by atoms with E-state index in [2.05, 4.69) is 22.0 Å². The fourth-order valence-electron chi connectivity index (χ4n) is 5.51. The van der Waals surface area contributed by atoms with Gasteiger partial charge in [0.25, 0.3) is 0 Å². The molecule has 12 heteroatoms. The Labute approximate surface area is 258 Å². The zero-order chi connectivity index (χ0) is 31.7. The number of nitrogens with one attached hydrogen (secondary N) is 3. The summed E-state index contributed by atoms with van der Waals surface area (Å²) >= 11 is 0. The molecule has 1 aliphatic carbocycles. The van der Waals surface area contributed by atoms with Crippen LogP contribution in [0.5, 0.6) is 5.75 Å². The number of morpholine rings is 1. The van der Waals surface area contributed by atoms with Crippen molar-refractivity contribution < 1.29 is 38.5 Å². The van der Waals surface area contributed by atoms with Crippen LogP contribution in [0.3, 0.4) is 0 Å². The number of hydrogen-bond donors (Lipinski definition) is 4. The molecule has 242 valence electrons. The van der Waals surface area contributed by atoms with Crippen LogP contribution in [0.25, 0.3) is 0 Å². The maximum Gasteiger partial charge on any atom is 0.245 e.